The lowest BCUT2D eigenvalue weighted by atomic mass is 9.85. The Kier molecular flexibility index (Phi) is 5.64. The van der Waals surface area contributed by atoms with Gasteiger partial charge in [0.1, 0.15) is 0 Å². The van der Waals surface area contributed by atoms with Gasteiger partial charge < -0.3 is 10.2 Å². The molecule has 1 saturated carbocycles. The normalized spacial score (nSPS) is 35.1. The van der Waals surface area contributed by atoms with Crippen LogP contribution in [0.3, 0.4) is 0 Å². The van der Waals surface area contributed by atoms with Crippen molar-refractivity contribution < 1.29 is 0 Å². The molecule has 1 aliphatic heterocycles. The fourth-order valence-electron chi connectivity index (χ4n) is 3.28. The Balaban J connectivity index is 1.70. The third kappa shape index (κ3) is 4.15. The van der Waals surface area contributed by atoms with Crippen LogP contribution in [0.5, 0.6) is 0 Å². The van der Waals surface area contributed by atoms with E-state index >= 15 is 0 Å². The Morgan fingerprint density at radius 1 is 1.29 bits per heavy atom. The van der Waals surface area contributed by atoms with Gasteiger partial charge in [-0.1, -0.05) is 19.8 Å². The molecule has 0 aromatic heterocycles. The average Bonchev–Trinajstić information content (AvgIpc) is 2.38. The van der Waals surface area contributed by atoms with Gasteiger partial charge in [-0.2, -0.15) is 11.8 Å². The minimum Gasteiger partial charge on any atom is -0.312 e. The van der Waals surface area contributed by atoms with Crippen LogP contribution in [0.1, 0.15) is 39.0 Å². The summed E-state index contributed by atoms with van der Waals surface area (Å²) in [5.41, 5.74) is 0. The molecule has 0 aromatic rings. The summed E-state index contributed by atoms with van der Waals surface area (Å²) in [6.07, 6.45) is 7.08. The second kappa shape index (κ2) is 7.01. The van der Waals surface area contributed by atoms with Gasteiger partial charge in [-0.25, -0.2) is 0 Å². The number of hydrogen-bond acceptors (Lipinski definition) is 3. The molecule has 2 nitrogen and oxygen atoms in total. The van der Waals surface area contributed by atoms with E-state index in [0.717, 1.165) is 18.0 Å². The highest BCUT2D eigenvalue weighted by atomic mass is 32.2. The number of hydrogen-bond donors (Lipinski definition) is 1. The molecule has 2 rings (SSSR count). The van der Waals surface area contributed by atoms with Gasteiger partial charge in [-0.3, -0.25) is 0 Å². The van der Waals surface area contributed by atoms with Crippen molar-refractivity contribution in [3.8, 4) is 0 Å². The second-order valence-electron chi connectivity index (χ2n) is 5.82. The summed E-state index contributed by atoms with van der Waals surface area (Å²) in [6, 6.07) is 1.61. The lowest BCUT2D eigenvalue weighted by molar-refractivity contribution is 0.135. The van der Waals surface area contributed by atoms with Gasteiger partial charge in [0.05, 0.1) is 0 Å². The summed E-state index contributed by atoms with van der Waals surface area (Å²) in [7, 11) is 2.34. The monoisotopic (exact) mass is 256 g/mol. The zero-order valence-electron chi connectivity index (χ0n) is 11.5. The molecule has 1 heterocycles. The van der Waals surface area contributed by atoms with E-state index in [9.17, 15) is 0 Å². The molecule has 2 aliphatic rings. The molecule has 3 unspecified atom stereocenters. The van der Waals surface area contributed by atoms with Crippen molar-refractivity contribution >= 4 is 11.8 Å². The summed E-state index contributed by atoms with van der Waals surface area (Å²) < 4.78 is 0. The standard InChI is InChI=1S/C14H28N2S/c1-12-5-3-4-6-14(12)16(2)9-7-13-11-17-10-8-15-13/h12-15H,3-11H2,1-2H3. The molecule has 1 saturated heterocycles. The minimum absolute atomic E-state index is 0.759. The Morgan fingerprint density at radius 2 is 2.12 bits per heavy atom. The molecule has 3 heteroatoms. The Morgan fingerprint density at radius 3 is 2.82 bits per heavy atom. The lowest BCUT2D eigenvalue weighted by Gasteiger charge is -2.37. The highest BCUT2D eigenvalue weighted by Gasteiger charge is 2.25. The molecule has 1 N–H and O–H groups in total. The van der Waals surface area contributed by atoms with Crippen molar-refractivity contribution in [1.29, 1.82) is 0 Å². The maximum Gasteiger partial charge on any atom is 0.0170 e. The first-order valence-corrected chi connectivity index (χ1v) is 8.44. The largest absolute Gasteiger partial charge is 0.312 e. The first kappa shape index (κ1) is 13.7. The fraction of sp³-hybridized carbons (Fsp3) is 1.00. The average molecular weight is 256 g/mol. The van der Waals surface area contributed by atoms with Gasteiger partial charge in [0, 0.05) is 30.1 Å². The van der Waals surface area contributed by atoms with Crippen LogP contribution >= 0.6 is 11.8 Å². The summed E-state index contributed by atoms with van der Waals surface area (Å²) in [5.74, 6) is 3.52. The molecule has 0 spiro atoms. The highest BCUT2D eigenvalue weighted by molar-refractivity contribution is 7.99. The molecule has 0 radical (unpaired) electrons. The molecular formula is C14H28N2S. The predicted molar refractivity (Wildman–Crippen MR) is 77.8 cm³/mol. The van der Waals surface area contributed by atoms with E-state index in [0.29, 0.717) is 0 Å². The number of thioether (sulfide) groups is 1. The molecule has 0 aromatic carbocycles. The molecular weight excluding hydrogens is 228 g/mol. The summed E-state index contributed by atoms with van der Waals surface area (Å²) in [5, 5.41) is 3.64. The summed E-state index contributed by atoms with van der Waals surface area (Å²) in [6.45, 7) is 4.92. The van der Waals surface area contributed by atoms with Crippen molar-refractivity contribution in [2.45, 2.75) is 51.1 Å². The maximum atomic E-state index is 3.64. The van der Waals surface area contributed by atoms with Gasteiger partial charge in [0.15, 0.2) is 0 Å². The quantitative estimate of drug-likeness (QED) is 0.832. The topological polar surface area (TPSA) is 15.3 Å². The molecule has 3 atom stereocenters. The van der Waals surface area contributed by atoms with Crippen molar-refractivity contribution in [2.75, 3.05) is 31.6 Å². The zero-order chi connectivity index (χ0) is 12.1. The van der Waals surface area contributed by atoms with Crippen LogP contribution in [0.2, 0.25) is 0 Å². The van der Waals surface area contributed by atoms with Crippen LogP contribution in [-0.2, 0) is 0 Å². The predicted octanol–water partition coefficient (Wildman–Crippen LogP) is 2.59. The second-order valence-corrected chi connectivity index (χ2v) is 6.97. The smallest absolute Gasteiger partial charge is 0.0170 e. The molecule has 2 fully saturated rings. The number of nitrogens with one attached hydrogen (secondary N) is 1. The number of rotatable bonds is 4. The molecule has 0 amide bonds. The van der Waals surface area contributed by atoms with Gasteiger partial charge in [0.25, 0.3) is 0 Å². The summed E-state index contributed by atoms with van der Waals surface area (Å²) >= 11 is 2.11. The molecule has 0 bridgehead atoms. The van der Waals surface area contributed by atoms with Crippen LogP contribution in [0.15, 0.2) is 0 Å². The van der Waals surface area contributed by atoms with Crippen LogP contribution in [-0.4, -0.2) is 48.6 Å². The van der Waals surface area contributed by atoms with Crippen molar-refractivity contribution in [3.05, 3.63) is 0 Å². The van der Waals surface area contributed by atoms with Gasteiger partial charge in [-0.15, -0.1) is 0 Å². The summed E-state index contributed by atoms with van der Waals surface area (Å²) in [4.78, 5) is 2.63. The molecule has 17 heavy (non-hydrogen) atoms. The Bertz CT molecular complexity index is 216. The lowest BCUT2D eigenvalue weighted by Crippen LogP contribution is -2.43. The van der Waals surface area contributed by atoms with E-state index in [-0.39, 0.29) is 0 Å². The van der Waals surface area contributed by atoms with Gasteiger partial charge in [-0.05, 0) is 38.8 Å². The van der Waals surface area contributed by atoms with Crippen LogP contribution in [0.25, 0.3) is 0 Å². The van der Waals surface area contributed by atoms with Gasteiger partial charge in [0.2, 0.25) is 0 Å². The molecule has 1 aliphatic carbocycles. The third-order valence-corrected chi connectivity index (χ3v) is 5.59. The first-order chi connectivity index (χ1) is 8.27. The third-order valence-electron chi connectivity index (χ3n) is 4.46. The number of nitrogens with zero attached hydrogens (tertiary/aromatic N) is 1. The Hall–Kier alpha value is 0.270. The van der Waals surface area contributed by atoms with E-state index < -0.39 is 0 Å². The van der Waals surface area contributed by atoms with Crippen LogP contribution < -0.4 is 5.32 Å². The van der Waals surface area contributed by atoms with Gasteiger partial charge >= 0.3 is 0 Å². The van der Waals surface area contributed by atoms with Crippen LogP contribution in [0.4, 0.5) is 0 Å². The first-order valence-electron chi connectivity index (χ1n) is 7.28. The van der Waals surface area contributed by atoms with E-state index in [4.69, 9.17) is 0 Å². The SMILES string of the molecule is CC1CCCCC1N(C)CCC1CSCCN1. The van der Waals surface area contributed by atoms with E-state index in [1.54, 1.807) is 0 Å². The van der Waals surface area contributed by atoms with Crippen molar-refractivity contribution in [3.63, 3.8) is 0 Å². The van der Waals surface area contributed by atoms with Crippen LogP contribution in [0, 0.1) is 5.92 Å². The molecule has 100 valence electrons. The fourth-order valence-corrected chi connectivity index (χ4v) is 4.28. The van der Waals surface area contributed by atoms with E-state index in [2.05, 4.69) is 35.9 Å². The Labute approximate surface area is 111 Å². The highest BCUT2D eigenvalue weighted by Crippen LogP contribution is 2.27. The maximum absolute atomic E-state index is 3.64. The minimum atomic E-state index is 0.759. The zero-order valence-corrected chi connectivity index (χ0v) is 12.3. The van der Waals surface area contributed by atoms with Crippen molar-refractivity contribution in [1.82, 2.24) is 10.2 Å². The van der Waals surface area contributed by atoms with E-state index in [1.807, 2.05) is 0 Å². The van der Waals surface area contributed by atoms with E-state index in [1.165, 1.54) is 56.7 Å². The van der Waals surface area contributed by atoms with Crippen molar-refractivity contribution in [2.24, 2.45) is 5.92 Å².